The number of nitrogens with one attached hydrogen (secondary N) is 1. The van der Waals surface area contributed by atoms with E-state index in [1.807, 2.05) is 32.0 Å². The molecule has 150 valence electrons. The molecule has 1 aromatic heterocycles. The first-order chi connectivity index (χ1) is 13.3. The minimum Gasteiger partial charge on any atom is -0.496 e. The molecule has 2 heterocycles. The smallest absolute Gasteiger partial charge is 0.408 e. The van der Waals surface area contributed by atoms with E-state index in [1.165, 1.54) is 0 Å². The molecule has 28 heavy (non-hydrogen) atoms. The van der Waals surface area contributed by atoms with Gasteiger partial charge in [0.2, 0.25) is 5.91 Å². The maximum Gasteiger partial charge on any atom is 0.408 e. The van der Waals surface area contributed by atoms with Crippen LogP contribution in [0.1, 0.15) is 30.6 Å². The topological polar surface area (TPSA) is 112 Å². The predicted molar refractivity (Wildman–Crippen MR) is 105 cm³/mol. The largest absolute Gasteiger partial charge is 0.496 e. The van der Waals surface area contributed by atoms with E-state index in [9.17, 15) is 19.8 Å². The Labute approximate surface area is 166 Å². The van der Waals surface area contributed by atoms with Crippen molar-refractivity contribution in [2.24, 2.45) is 0 Å². The first-order valence-electron chi connectivity index (χ1n) is 8.88. The molecule has 1 fully saturated rings. The van der Waals surface area contributed by atoms with E-state index < -0.39 is 30.2 Å². The Morgan fingerprint density at radius 3 is 2.79 bits per heavy atom. The van der Waals surface area contributed by atoms with Crippen molar-refractivity contribution in [2.75, 3.05) is 13.7 Å². The number of carbonyl (C=O) groups is 2. The fourth-order valence-electron chi connectivity index (χ4n) is 3.45. The van der Waals surface area contributed by atoms with Gasteiger partial charge in [0, 0.05) is 12.0 Å². The molecule has 0 unspecified atom stereocenters. The number of methoxy groups -OCH3 is 1. The average Bonchev–Trinajstić information content (AvgIpc) is 3.26. The van der Waals surface area contributed by atoms with Crippen LogP contribution in [0, 0.1) is 6.92 Å². The summed E-state index contributed by atoms with van der Waals surface area (Å²) in [6.45, 7) is 3.69. The highest BCUT2D eigenvalue weighted by Crippen LogP contribution is 2.34. The molecule has 3 rings (SSSR count). The van der Waals surface area contributed by atoms with Crippen LogP contribution in [-0.4, -0.2) is 57.9 Å². The van der Waals surface area contributed by atoms with Gasteiger partial charge in [0.25, 0.3) is 0 Å². The van der Waals surface area contributed by atoms with Gasteiger partial charge in [-0.1, -0.05) is 12.1 Å². The van der Waals surface area contributed by atoms with Crippen LogP contribution in [0.15, 0.2) is 23.7 Å². The number of rotatable bonds is 5. The number of aliphatic hydroxyl groups excluding tert-OH is 1. The minimum absolute atomic E-state index is 0.0615. The van der Waals surface area contributed by atoms with Crippen molar-refractivity contribution in [1.82, 2.24) is 15.2 Å². The molecule has 0 bridgehead atoms. The highest BCUT2D eigenvalue weighted by Gasteiger charge is 2.39. The van der Waals surface area contributed by atoms with Crippen LogP contribution in [0.5, 0.6) is 5.75 Å². The summed E-state index contributed by atoms with van der Waals surface area (Å²) in [5.41, 5.74) is 4.49. The van der Waals surface area contributed by atoms with E-state index in [0.717, 1.165) is 26.6 Å². The number of hydrogen-bond acceptors (Lipinski definition) is 6. The van der Waals surface area contributed by atoms with Crippen molar-refractivity contribution in [2.45, 2.75) is 38.5 Å². The molecule has 9 heteroatoms. The van der Waals surface area contributed by atoms with Crippen molar-refractivity contribution < 1.29 is 24.5 Å². The monoisotopic (exact) mass is 405 g/mol. The number of carbonyl (C=O) groups excluding carboxylic acids is 1. The van der Waals surface area contributed by atoms with Crippen molar-refractivity contribution in [3.63, 3.8) is 0 Å². The molecule has 0 radical (unpaired) electrons. The summed E-state index contributed by atoms with van der Waals surface area (Å²) in [5.74, 6) is 0.190. The summed E-state index contributed by atoms with van der Waals surface area (Å²) in [6, 6.07) is 4.44. The number of amides is 2. The molecule has 3 atom stereocenters. The number of aryl methyl sites for hydroxylation is 1. The third-order valence-electron chi connectivity index (χ3n) is 4.89. The normalized spacial score (nSPS) is 20.1. The number of nitrogens with zero attached hydrogens (tertiary/aromatic N) is 2. The summed E-state index contributed by atoms with van der Waals surface area (Å²) in [6.07, 6.45) is -1.96. The molecular formula is C19H23N3O5S. The van der Waals surface area contributed by atoms with Gasteiger partial charge in [-0.25, -0.2) is 9.78 Å². The Morgan fingerprint density at radius 1 is 1.43 bits per heavy atom. The van der Waals surface area contributed by atoms with E-state index in [-0.39, 0.29) is 13.0 Å². The van der Waals surface area contributed by atoms with E-state index in [1.54, 1.807) is 24.0 Å². The third kappa shape index (κ3) is 3.95. The number of aliphatic hydroxyl groups is 1. The lowest BCUT2D eigenvalue weighted by Gasteiger charge is -2.24. The zero-order valence-electron chi connectivity index (χ0n) is 15.9. The second-order valence-corrected chi connectivity index (χ2v) is 7.65. The Kier molecular flexibility index (Phi) is 5.85. The number of hydrogen-bond donors (Lipinski definition) is 3. The van der Waals surface area contributed by atoms with Gasteiger partial charge in [0.05, 0.1) is 41.9 Å². The zero-order chi connectivity index (χ0) is 20.4. The molecule has 1 aromatic carbocycles. The molecule has 1 saturated heterocycles. The lowest BCUT2D eigenvalue weighted by Crippen LogP contribution is -2.46. The quantitative estimate of drug-likeness (QED) is 0.704. The van der Waals surface area contributed by atoms with Crippen LogP contribution < -0.4 is 10.1 Å². The maximum atomic E-state index is 12.6. The van der Waals surface area contributed by atoms with Crippen LogP contribution in [0.3, 0.4) is 0 Å². The number of likely N-dealkylation sites (tertiary alicyclic amines) is 1. The SMILES string of the molecule is COc1cc(-c2scnc2C)ccc1[C@H](C)NC(=O)[C@@H]1C[C@@H](O)CN1C(=O)O. The van der Waals surface area contributed by atoms with Crippen molar-refractivity contribution in [3.05, 3.63) is 35.0 Å². The Hall–Kier alpha value is -2.65. The summed E-state index contributed by atoms with van der Waals surface area (Å²) >= 11 is 1.55. The molecule has 2 amide bonds. The Balaban J connectivity index is 1.78. The lowest BCUT2D eigenvalue weighted by molar-refractivity contribution is -0.125. The maximum absolute atomic E-state index is 12.6. The van der Waals surface area contributed by atoms with E-state index in [2.05, 4.69) is 10.3 Å². The van der Waals surface area contributed by atoms with Crippen LogP contribution in [0.2, 0.25) is 0 Å². The summed E-state index contributed by atoms with van der Waals surface area (Å²) in [7, 11) is 1.57. The number of thiazole rings is 1. The van der Waals surface area contributed by atoms with E-state index in [0.29, 0.717) is 5.75 Å². The average molecular weight is 405 g/mol. The van der Waals surface area contributed by atoms with Crippen LogP contribution in [0.25, 0.3) is 10.4 Å². The highest BCUT2D eigenvalue weighted by molar-refractivity contribution is 7.13. The van der Waals surface area contributed by atoms with Gasteiger partial charge in [-0.3, -0.25) is 9.69 Å². The van der Waals surface area contributed by atoms with E-state index in [4.69, 9.17) is 4.74 Å². The van der Waals surface area contributed by atoms with Gasteiger partial charge in [0.1, 0.15) is 11.8 Å². The fraction of sp³-hybridized carbons (Fsp3) is 0.421. The fourth-order valence-corrected chi connectivity index (χ4v) is 4.25. The van der Waals surface area contributed by atoms with Gasteiger partial charge in [0.15, 0.2) is 0 Å². The Morgan fingerprint density at radius 2 is 2.18 bits per heavy atom. The lowest BCUT2D eigenvalue weighted by atomic mass is 10.0. The van der Waals surface area contributed by atoms with Crippen LogP contribution in [-0.2, 0) is 4.79 Å². The van der Waals surface area contributed by atoms with Crippen molar-refractivity contribution >= 4 is 23.3 Å². The summed E-state index contributed by atoms with van der Waals surface area (Å²) in [4.78, 5) is 30.2. The number of carboxylic acid groups (broad SMARTS) is 1. The highest BCUT2D eigenvalue weighted by atomic mass is 32.1. The first kappa shape index (κ1) is 20.1. The third-order valence-corrected chi connectivity index (χ3v) is 5.87. The molecule has 0 spiro atoms. The van der Waals surface area contributed by atoms with Gasteiger partial charge in [-0.05, 0) is 25.5 Å². The molecule has 2 aromatic rings. The number of aromatic nitrogens is 1. The predicted octanol–water partition coefficient (Wildman–Crippen LogP) is 2.42. The van der Waals surface area contributed by atoms with Crippen LogP contribution in [0.4, 0.5) is 4.79 Å². The van der Waals surface area contributed by atoms with Crippen molar-refractivity contribution in [1.29, 1.82) is 0 Å². The van der Waals surface area contributed by atoms with Gasteiger partial charge < -0.3 is 20.3 Å². The molecule has 0 saturated carbocycles. The molecule has 1 aliphatic rings. The standard InChI is InChI=1S/C19H23N3O5S/c1-10(21-18(24)15-7-13(23)8-22(15)19(25)26)14-5-4-12(6-16(14)27-3)17-11(2)20-9-28-17/h4-6,9-10,13,15,23H,7-8H2,1-3H3,(H,21,24)(H,25,26)/t10-,13+,15-/m0/s1. The number of ether oxygens (including phenoxy) is 1. The molecule has 3 N–H and O–H groups in total. The van der Waals surface area contributed by atoms with E-state index >= 15 is 0 Å². The molecule has 8 nitrogen and oxygen atoms in total. The molecular weight excluding hydrogens is 382 g/mol. The first-order valence-corrected chi connectivity index (χ1v) is 9.76. The number of benzene rings is 1. The summed E-state index contributed by atoms with van der Waals surface area (Å²) < 4.78 is 5.52. The van der Waals surface area contributed by atoms with Crippen LogP contribution >= 0.6 is 11.3 Å². The zero-order valence-corrected chi connectivity index (χ0v) is 16.7. The van der Waals surface area contributed by atoms with Crippen molar-refractivity contribution in [3.8, 4) is 16.2 Å². The van der Waals surface area contributed by atoms with Gasteiger partial charge >= 0.3 is 6.09 Å². The second kappa shape index (κ2) is 8.15. The second-order valence-electron chi connectivity index (χ2n) is 6.79. The molecule has 0 aliphatic carbocycles. The number of β-amino-alcohol motifs (C(OH)–C–C–N with tert-alkyl or cyclic N) is 1. The minimum atomic E-state index is -1.22. The van der Waals surface area contributed by atoms with Gasteiger partial charge in [-0.2, -0.15) is 0 Å². The van der Waals surface area contributed by atoms with Gasteiger partial charge in [-0.15, -0.1) is 11.3 Å². The molecule has 1 aliphatic heterocycles. The Bertz CT molecular complexity index is 884. The summed E-state index contributed by atoms with van der Waals surface area (Å²) in [5, 5.41) is 21.8.